The number of hydrogen-bond donors (Lipinski definition) is 0. The molecule has 194 valence electrons. The molecular weight excluding hydrogens is 408 g/mol. The first-order chi connectivity index (χ1) is 14.3. The molecule has 0 bridgehead atoms. The van der Waals surface area contributed by atoms with Gasteiger partial charge in [0.05, 0.1) is 11.2 Å². The topological polar surface area (TPSA) is 55.4 Å². The van der Waals surface area contributed by atoms with E-state index in [-0.39, 0.29) is 10.8 Å². The first kappa shape index (κ1) is 31.8. The van der Waals surface area contributed by atoms with Gasteiger partial charge >= 0.3 is 0 Å². The highest BCUT2D eigenvalue weighted by atomic mass is 17.4. The fourth-order valence-electron chi connectivity index (χ4n) is 4.14. The molecule has 6 nitrogen and oxygen atoms in total. The van der Waals surface area contributed by atoms with Crippen molar-refractivity contribution in [3.8, 4) is 0 Å². The minimum atomic E-state index is -1.05. The molecule has 0 unspecified atom stereocenters. The third kappa shape index (κ3) is 12.3. The first-order valence-corrected chi connectivity index (χ1v) is 12.4. The van der Waals surface area contributed by atoms with Crippen LogP contribution in [0.25, 0.3) is 0 Å². The minimum Gasteiger partial charge on any atom is -0.228 e. The molecule has 0 amide bonds. The average Bonchev–Trinajstić information content (AvgIpc) is 2.61. The van der Waals surface area contributed by atoms with E-state index in [1.165, 1.54) is 0 Å². The molecule has 0 heterocycles. The summed E-state index contributed by atoms with van der Waals surface area (Å²) in [7, 11) is 0. The van der Waals surface area contributed by atoms with Gasteiger partial charge in [-0.1, -0.05) is 69.2 Å². The zero-order valence-corrected chi connectivity index (χ0v) is 23.7. The number of hydrogen-bond acceptors (Lipinski definition) is 6. The van der Waals surface area contributed by atoms with Crippen LogP contribution in [0.15, 0.2) is 0 Å². The maximum Gasteiger partial charge on any atom is 0.233 e. The molecule has 0 aromatic carbocycles. The predicted molar refractivity (Wildman–Crippen MR) is 129 cm³/mol. The molecule has 6 heteroatoms. The normalized spacial score (nSPS) is 14.8. The third-order valence-corrected chi connectivity index (χ3v) is 5.25. The van der Waals surface area contributed by atoms with E-state index in [4.69, 9.17) is 29.3 Å². The molecule has 0 aliphatic heterocycles. The Hall–Kier alpha value is -0.240. The van der Waals surface area contributed by atoms with Crippen LogP contribution in [0.2, 0.25) is 0 Å². The molecule has 0 saturated heterocycles. The van der Waals surface area contributed by atoms with Crippen molar-refractivity contribution < 1.29 is 29.3 Å². The molecule has 0 saturated carbocycles. The predicted octanol–water partition coefficient (Wildman–Crippen LogP) is 8.29. The second kappa shape index (κ2) is 11.9. The Labute approximate surface area is 198 Å². The van der Waals surface area contributed by atoms with Crippen molar-refractivity contribution in [1.29, 1.82) is 0 Å². The largest absolute Gasteiger partial charge is 0.233 e. The summed E-state index contributed by atoms with van der Waals surface area (Å²) in [5.74, 6) is -2.09. The maximum atomic E-state index is 5.91. The van der Waals surface area contributed by atoms with Crippen LogP contribution in [0.3, 0.4) is 0 Å². The molecule has 0 N–H and O–H groups in total. The molecular formula is C26H54O6. The van der Waals surface area contributed by atoms with Gasteiger partial charge in [0.1, 0.15) is 0 Å². The summed E-state index contributed by atoms with van der Waals surface area (Å²) in [6.07, 6.45) is 3.87. The van der Waals surface area contributed by atoms with Crippen LogP contribution in [0.4, 0.5) is 0 Å². The Balaban J connectivity index is 5.28. The quantitative estimate of drug-likeness (QED) is 0.139. The smallest absolute Gasteiger partial charge is 0.228 e. The fraction of sp³-hybridized carbons (Fsp3) is 1.00. The van der Waals surface area contributed by atoms with Gasteiger partial charge in [-0.15, -0.1) is 0 Å². The first-order valence-electron chi connectivity index (χ1n) is 12.4. The second-order valence-corrected chi connectivity index (χ2v) is 12.7. The van der Waals surface area contributed by atoms with E-state index in [0.29, 0.717) is 25.7 Å². The van der Waals surface area contributed by atoms with E-state index < -0.39 is 22.8 Å². The van der Waals surface area contributed by atoms with E-state index in [1.54, 1.807) is 0 Å². The lowest BCUT2D eigenvalue weighted by Crippen LogP contribution is -2.45. The molecule has 0 aromatic rings. The van der Waals surface area contributed by atoms with Gasteiger partial charge in [-0.2, -0.15) is 19.6 Å². The van der Waals surface area contributed by atoms with E-state index >= 15 is 0 Å². The monoisotopic (exact) mass is 462 g/mol. The van der Waals surface area contributed by atoms with Gasteiger partial charge in [-0.25, -0.2) is 9.78 Å². The lowest BCUT2D eigenvalue weighted by Gasteiger charge is -2.39. The van der Waals surface area contributed by atoms with Gasteiger partial charge in [0.25, 0.3) is 0 Å². The van der Waals surface area contributed by atoms with Crippen LogP contribution in [-0.4, -0.2) is 22.8 Å². The van der Waals surface area contributed by atoms with Gasteiger partial charge in [-0.05, 0) is 51.4 Å². The molecule has 32 heavy (non-hydrogen) atoms. The van der Waals surface area contributed by atoms with Gasteiger partial charge in [0, 0.05) is 25.7 Å². The zero-order chi connectivity index (χ0) is 25.5. The summed E-state index contributed by atoms with van der Waals surface area (Å²) in [5.41, 5.74) is -0.730. The van der Waals surface area contributed by atoms with Crippen molar-refractivity contribution >= 4 is 0 Å². The molecule has 0 aliphatic carbocycles. The average molecular weight is 463 g/mol. The molecule has 0 aromatic heterocycles. The van der Waals surface area contributed by atoms with E-state index in [0.717, 1.165) is 12.8 Å². The standard InChI is InChI=1S/C26H54O6/c1-15-25(16-2,29-27-23(11,12)19-21(5,6)7)31-32-26(17-3,18-4)30-28-24(13,14)20-22(8,9)10/h15-20H2,1-14H3. The second-order valence-electron chi connectivity index (χ2n) is 12.7. The van der Waals surface area contributed by atoms with Gasteiger partial charge in [-0.3, -0.25) is 0 Å². The SMILES string of the molecule is CCC(CC)(OOC(C)(C)CC(C)(C)C)OOC(CC)(CC)OOC(C)(C)CC(C)(C)C. The molecule has 0 rings (SSSR count). The van der Waals surface area contributed by atoms with Crippen molar-refractivity contribution in [3.05, 3.63) is 0 Å². The highest BCUT2D eigenvalue weighted by Crippen LogP contribution is 2.36. The molecule has 0 spiro atoms. The maximum absolute atomic E-state index is 5.91. The lowest BCUT2D eigenvalue weighted by molar-refractivity contribution is -0.595. The lowest BCUT2D eigenvalue weighted by atomic mass is 9.84. The van der Waals surface area contributed by atoms with Crippen LogP contribution < -0.4 is 0 Å². The molecule has 0 aliphatic rings. The summed E-state index contributed by atoms with van der Waals surface area (Å²) >= 11 is 0. The Kier molecular flexibility index (Phi) is 11.9. The van der Waals surface area contributed by atoms with Gasteiger partial charge < -0.3 is 0 Å². The van der Waals surface area contributed by atoms with Crippen molar-refractivity contribution in [2.45, 2.75) is 158 Å². The van der Waals surface area contributed by atoms with Crippen LogP contribution in [0, 0.1) is 10.8 Å². The van der Waals surface area contributed by atoms with Crippen molar-refractivity contribution in [1.82, 2.24) is 0 Å². The summed E-state index contributed by atoms with van der Waals surface area (Å²) in [6.45, 7) is 29.1. The molecule has 0 atom stereocenters. The Morgan fingerprint density at radius 1 is 0.375 bits per heavy atom. The van der Waals surface area contributed by atoms with Crippen molar-refractivity contribution in [3.63, 3.8) is 0 Å². The van der Waals surface area contributed by atoms with Crippen LogP contribution >= 0.6 is 0 Å². The summed E-state index contributed by atoms with van der Waals surface area (Å²) in [5, 5.41) is 0. The Morgan fingerprint density at radius 2 is 0.594 bits per heavy atom. The summed E-state index contributed by atoms with van der Waals surface area (Å²) in [4.78, 5) is 35.4. The van der Waals surface area contributed by atoms with Crippen LogP contribution in [-0.2, 0) is 29.3 Å². The summed E-state index contributed by atoms with van der Waals surface area (Å²) in [6, 6.07) is 0. The fourth-order valence-corrected chi connectivity index (χ4v) is 4.14. The van der Waals surface area contributed by atoms with Crippen LogP contribution in [0.1, 0.15) is 135 Å². The van der Waals surface area contributed by atoms with Crippen molar-refractivity contribution in [2.24, 2.45) is 10.8 Å². The Morgan fingerprint density at radius 3 is 0.781 bits per heavy atom. The van der Waals surface area contributed by atoms with Crippen molar-refractivity contribution in [2.75, 3.05) is 0 Å². The number of rotatable bonds is 15. The third-order valence-electron chi connectivity index (χ3n) is 5.25. The highest BCUT2D eigenvalue weighted by molar-refractivity contribution is 4.77. The molecule has 0 fully saturated rings. The van der Waals surface area contributed by atoms with Gasteiger partial charge in [0.2, 0.25) is 11.6 Å². The summed E-state index contributed by atoms with van der Waals surface area (Å²) < 4.78 is 0. The van der Waals surface area contributed by atoms with E-state index in [9.17, 15) is 0 Å². The van der Waals surface area contributed by atoms with E-state index in [1.807, 2.05) is 55.4 Å². The minimum absolute atomic E-state index is 0.107. The Bertz CT molecular complexity index is 471. The molecule has 0 radical (unpaired) electrons. The van der Waals surface area contributed by atoms with Gasteiger partial charge in [0.15, 0.2) is 0 Å². The zero-order valence-electron chi connectivity index (χ0n) is 23.7. The van der Waals surface area contributed by atoms with Crippen LogP contribution in [0.5, 0.6) is 0 Å². The highest BCUT2D eigenvalue weighted by Gasteiger charge is 2.42. The van der Waals surface area contributed by atoms with E-state index in [2.05, 4.69) is 41.5 Å².